The topological polar surface area (TPSA) is 89.9 Å². The summed E-state index contributed by atoms with van der Waals surface area (Å²) in [6.07, 6.45) is 0.863. The lowest BCUT2D eigenvalue weighted by atomic mass is 10.1. The summed E-state index contributed by atoms with van der Waals surface area (Å²) in [6.45, 7) is 2.06. The molecule has 2 aromatic rings. The fourth-order valence-corrected chi connectivity index (χ4v) is 3.29. The van der Waals surface area contributed by atoms with Crippen LogP contribution in [0.3, 0.4) is 0 Å². The van der Waals surface area contributed by atoms with E-state index in [2.05, 4.69) is 22.3 Å². The van der Waals surface area contributed by atoms with Gasteiger partial charge in [0.25, 0.3) is 0 Å². The Morgan fingerprint density at radius 3 is 2.58 bits per heavy atom. The number of aliphatic carboxylic acids is 1. The zero-order chi connectivity index (χ0) is 18.5. The van der Waals surface area contributed by atoms with E-state index < -0.39 is 11.9 Å². The molecule has 1 aliphatic rings. The second kappa shape index (κ2) is 8.01. The van der Waals surface area contributed by atoms with Crippen molar-refractivity contribution >= 4 is 17.6 Å². The van der Waals surface area contributed by atoms with Crippen LogP contribution in [-0.2, 0) is 17.8 Å². The smallest absolute Gasteiger partial charge is 0.335 e. The average Bonchev–Trinajstić information content (AvgIpc) is 2.78. The van der Waals surface area contributed by atoms with Gasteiger partial charge in [-0.1, -0.05) is 36.4 Å². The maximum Gasteiger partial charge on any atom is 0.335 e. The lowest BCUT2D eigenvalue weighted by Gasteiger charge is -2.23. The minimum atomic E-state index is -0.991. The molecule has 0 spiro atoms. The van der Waals surface area contributed by atoms with Gasteiger partial charge < -0.3 is 15.5 Å². The number of fused-ring (bicyclic) bond motifs is 1. The molecule has 0 aliphatic carbocycles. The highest BCUT2D eigenvalue weighted by atomic mass is 16.4. The predicted molar refractivity (Wildman–Crippen MR) is 98.5 cm³/mol. The van der Waals surface area contributed by atoms with E-state index in [9.17, 15) is 19.8 Å². The summed E-state index contributed by atoms with van der Waals surface area (Å²) in [5.74, 6) is -1.86. The molecule has 0 radical (unpaired) electrons. The highest BCUT2D eigenvalue weighted by molar-refractivity contribution is 5.89. The Morgan fingerprint density at radius 1 is 1.12 bits per heavy atom. The Labute approximate surface area is 152 Å². The van der Waals surface area contributed by atoms with E-state index in [0.29, 0.717) is 18.8 Å². The third-order valence-electron chi connectivity index (χ3n) is 4.57. The molecule has 0 amide bonds. The van der Waals surface area contributed by atoms with Crippen LogP contribution >= 0.6 is 0 Å². The van der Waals surface area contributed by atoms with Crippen LogP contribution in [0.5, 0.6) is 0 Å². The Kier molecular flexibility index (Phi) is 5.53. The molecule has 1 atom stereocenters. The summed E-state index contributed by atoms with van der Waals surface area (Å²) in [4.78, 5) is 24.6. The van der Waals surface area contributed by atoms with Crippen LogP contribution < -0.4 is 5.32 Å². The molecular weight excluding hydrogens is 332 g/mol. The van der Waals surface area contributed by atoms with Crippen LogP contribution in [0, 0.1) is 0 Å². The van der Waals surface area contributed by atoms with E-state index in [4.69, 9.17) is 0 Å². The van der Waals surface area contributed by atoms with Crippen LogP contribution in [0.4, 0.5) is 5.69 Å². The van der Waals surface area contributed by atoms with Crippen molar-refractivity contribution < 1.29 is 19.8 Å². The molecule has 0 fully saturated rings. The zero-order valence-electron chi connectivity index (χ0n) is 14.4. The van der Waals surface area contributed by atoms with E-state index in [-0.39, 0.29) is 18.0 Å². The second-order valence-corrected chi connectivity index (χ2v) is 6.59. The van der Waals surface area contributed by atoms with Gasteiger partial charge in [-0.05, 0) is 29.7 Å². The molecule has 6 nitrogen and oxygen atoms in total. The van der Waals surface area contributed by atoms with Gasteiger partial charge in [-0.3, -0.25) is 9.69 Å². The third-order valence-corrected chi connectivity index (χ3v) is 4.57. The van der Waals surface area contributed by atoms with Gasteiger partial charge in [0.15, 0.2) is 0 Å². The van der Waals surface area contributed by atoms with Crippen molar-refractivity contribution in [1.29, 1.82) is 0 Å². The highest BCUT2D eigenvalue weighted by Crippen LogP contribution is 2.25. The fraction of sp³-hybridized carbons (Fsp3) is 0.300. The SMILES string of the molecule is O=C(O)CC1CN(CCc2ccccc2)Cc2ccc(C(=O)O)cc2N1. The van der Waals surface area contributed by atoms with Gasteiger partial charge in [0.05, 0.1) is 12.0 Å². The monoisotopic (exact) mass is 354 g/mol. The molecule has 1 heterocycles. The molecule has 3 rings (SSSR count). The van der Waals surface area contributed by atoms with Gasteiger partial charge in [0.1, 0.15) is 0 Å². The van der Waals surface area contributed by atoms with Crippen molar-refractivity contribution in [2.24, 2.45) is 0 Å². The molecule has 3 N–H and O–H groups in total. The van der Waals surface area contributed by atoms with Crippen molar-refractivity contribution in [3.8, 4) is 0 Å². The van der Waals surface area contributed by atoms with Gasteiger partial charge in [0, 0.05) is 31.4 Å². The lowest BCUT2D eigenvalue weighted by Crippen LogP contribution is -2.36. The first kappa shape index (κ1) is 17.9. The molecule has 1 unspecified atom stereocenters. The number of nitrogens with zero attached hydrogens (tertiary/aromatic N) is 1. The molecule has 0 aromatic heterocycles. The normalized spacial score (nSPS) is 17.0. The minimum absolute atomic E-state index is 0.0153. The molecule has 0 bridgehead atoms. The van der Waals surface area contributed by atoms with E-state index in [1.807, 2.05) is 24.3 Å². The van der Waals surface area contributed by atoms with Gasteiger partial charge in [-0.15, -0.1) is 0 Å². The number of carbonyl (C=O) groups is 2. The molecule has 26 heavy (non-hydrogen) atoms. The van der Waals surface area contributed by atoms with E-state index in [1.54, 1.807) is 12.1 Å². The minimum Gasteiger partial charge on any atom is -0.481 e. The molecule has 136 valence electrons. The first-order valence-electron chi connectivity index (χ1n) is 8.62. The first-order chi connectivity index (χ1) is 12.5. The summed E-state index contributed by atoms with van der Waals surface area (Å²) in [5, 5.41) is 21.6. The maximum atomic E-state index is 11.2. The quantitative estimate of drug-likeness (QED) is 0.739. The van der Waals surface area contributed by atoms with Gasteiger partial charge in [0.2, 0.25) is 0 Å². The van der Waals surface area contributed by atoms with Crippen LogP contribution in [0.2, 0.25) is 0 Å². The van der Waals surface area contributed by atoms with Gasteiger partial charge >= 0.3 is 11.9 Å². The van der Waals surface area contributed by atoms with Crippen molar-refractivity contribution in [2.45, 2.75) is 25.4 Å². The van der Waals surface area contributed by atoms with Gasteiger partial charge in [-0.25, -0.2) is 4.79 Å². The van der Waals surface area contributed by atoms with Crippen molar-refractivity contribution in [1.82, 2.24) is 4.90 Å². The molecule has 6 heteroatoms. The van der Waals surface area contributed by atoms with Crippen LogP contribution in [0.15, 0.2) is 48.5 Å². The maximum absolute atomic E-state index is 11.2. The summed E-state index contributed by atoms with van der Waals surface area (Å²) >= 11 is 0. The summed E-state index contributed by atoms with van der Waals surface area (Å²) in [6, 6.07) is 14.9. The average molecular weight is 354 g/mol. The van der Waals surface area contributed by atoms with Crippen molar-refractivity contribution in [2.75, 3.05) is 18.4 Å². The lowest BCUT2D eigenvalue weighted by molar-refractivity contribution is -0.137. The molecule has 2 aromatic carbocycles. The molecular formula is C20H22N2O4. The standard InChI is InChI=1S/C20H22N2O4/c23-19(24)11-17-13-22(9-8-14-4-2-1-3-5-14)12-16-7-6-15(20(25)26)10-18(16)21-17/h1-7,10,17,21H,8-9,11-13H2,(H,23,24)(H,25,26). The number of aromatic carboxylic acids is 1. The fourth-order valence-electron chi connectivity index (χ4n) is 3.29. The summed E-state index contributed by atoms with van der Waals surface area (Å²) in [5.41, 5.74) is 3.12. The molecule has 0 saturated carbocycles. The number of hydrogen-bond donors (Lipinski definition) is 3. The molecule has 1 aliphatic heterocycles. The second-order valence-electron chi connectivity index (χ2n) is 6.59. The number of benzene rings is 2. The number of carboxylic acid groups (broad SMARTS) is 2. The van der Waals surface area contributed by atoms with Crippen LogP contribution in [0.1, 0.15) is 27.9 Å². The van der Waals surface area contributed by atoms with Crippen LogP contribution in [0.25, 0.3) is 0 Å². The Hall–Kier alpha value is -2.86. The highest BCUT2D eigenvalue weighted by Gasteiger charge is 2.23. The number of rotatable bonds is 6. The predicted octanol–water partition coefficient (Wildman–Crippen LogP) is 2.70. The summed E-state index contributed by atoms with van der Waals surface area (Å²) in [7, 11) is 0. The zero-order valence-corrected chi connectivity index (χ0v) is 14.4. The number of hydrogen-bond acceptors (Lipinski definition) is 4. The summed E-state index contributed by atoms with van der Waals surface area (Å²) < 4.78 is 0. The van der Waals surface area contributed by atoms with Gasteiger partial charge in [-0.2, -0.15) is 0 Å². The van der Waals surface area contributed by atoms with Crippen LogP contribution in [-0.4, -0.2) is 46.2 Å². The van der Waals surface area contributed by atoms with Crippen molar-refractivity contribution in [3.63, 3.8) is 0 Å². The Bertz CT molecular complexity index is 792. The number of carboxylic acids is 2. The molecule has 0 saturated heterocycles. The van der Waals surface area contributed by atoms with E-state index in [1.165, 1.54) is 5.56 Å². The Morgan fingerprint density at radius 2 is 1.88 bits per heavy atom. The van der Waals surface area contributed by atoms with E-state index >= 15 is 0 Å². The number of anilines is 1. The Balaban J connectivity index is 1.79. The van der Waals surface area contributed by atoms with E-state index in [0.717, 1.165) is 18.5 Å². The third kappa shape index (κ3) is 4.61. The number of nitrogens with one attached hydrogen (secondary N) is 1. The largest absolute Gasteiger partial charge is 0.481 e. The first-order valence-corrected chi connectivity index (χ1v) is 8.62. The van der Waals surface area contributed by atoms with Crippen molar-refractivity contribution in [3.05, 3.63) is 65.2 Å².